The third-order valence-corrected chi connectivity index (χ3v) is 4.17. The first kappa shape index (κ1) is 16.9. The second kappa shape index (κ2) is 8.22. The van der Waals surface area contributed by atoms with Gasteiger partial charge in [0.1, 0.15) is 5.82 Å². The van der Waals surface area contributed by atoms with E-state index in [-0.39, 0.29) is 23.7 Å². The molecule has 6 heteroatoms. The minimum atomic E-state index is -0.420. The standard InChI is InChI=1S/C16H24FN3O2/c1-22-13-6-8-20(12(10-13)11-18)9-7-16(21)19-15-5-3-2-4-14(15)17/h2-5,12-13H,6-11,18H2,1H3,(H,19,21). The average molecular weight is 309 g/mol. The summed E-state index contributed by atoms with van der Waals surface area (Å²) >= 11 is 0. The highest BCUT2D eigenvalue weighted by atomic mass is 19.1. The Kier molecular flexibility index (Phi) is 6.30. The van der Waals surface area contributed by atoms with Gasteiger partial charge in [-0.3, -0.25) is 9.69 Å². The first-order valence-electron chi connectivity index (χ1n) is 7.65. The number of carbonyl (C=O) groups excluding carboxylic acids is 1. The number of para-hydroxylation sites is 1. The maximum absolute atomic E-state index is 13.5. The number of piperidine rings is 1. The van der Waals surface area contributed by atoms with Crippen LogP contribution in [0.1, 0.15) is 19.3 Å². The van der Waals surface area contributed by atoms with Crippen molar-refractivity contribution in [1.29, 1.82) is 0 Å². The van der Waals surface area contributed by atoms with Crippen LogP contribution in [0.3, 0.4) is 0 Å². The molecule has 0 aliphatic carbocycles. The lowest BCUT2D eigenvalue weighted by molar-refractivity contribution is -0.116. The molecule has 2 rings (SSSR count). The first-order valence-corrected chi connectivity index (χ1v) is 7.65. The van der Waals surface area contributed by atoms with Crippen LogP contribution in [0.5, 0.6) is 0 Å². The number of nitrogens with one attached hydrogen (secondary N) is 1. The van der Waals surface area contributed by atoms with Crippen molar-refractivity contribution in [3.05, 3.63) is 30.1 Å². The van der Waals surface area contributed by atoms with E-state index < -0.39 is 5.82 Å². The number of benzene rings is 1. The predicted octanol–water partition coefficient (Wildman–Crippen LogP) is 1.59. The lowest BCUT2D eigenvalue weighted by Crippen LogP contribution is -2.49. The summed E-state index contributed by atoms with van der Waals surface area (Å²) in [4.78, 5) is 14.2. The first-order chi connectivity index (χ1) is 10.6. The number of anilines is 1. The monoisotopic (exact) mass is 309 g/mol. The number of likely N-dealkylation sites (tertiary alicyclic amines) is 1. The maximum Gasteiger partial charge on any atom is 0.225 e. The van der Waals surface area contributed by atoms with Gasteiger partial charge in [-0.25, -0.2) is 4.39 Å². The van der Waals surface area contributed by atoms with Gasteiger partial charge in [-0.05, 0) is 25.0 Å². The lowest BCUT2D eigenvalue weighted by Gasteiger charge is -2.38. The summed E-state index contributed by atoms with van der Waals surface area (Å²) in [7, 11) is 1.72. The molecule has 5 nitrogen and oxygen atoms in total. The van der Waals surface area contributed by atoms with Gasteiger partial charge in [-0.2, -0.15) is 0 Å². The van der Waals surface area contributed by atoms with Gasteiger partial charge in [0.15, 0.2) is 0 Å². The number of rotatable bonds is 6. The Morgan fingerprint density at radius 1 is 1.50 bits per heavy atom. The fourth-order valence-corrected chi connectivity index (χ4v) is 2.84. The number of nitrogens with zero attached hydrogens (tertiary/aromatic N) is 1. The minimum Gasteiger partial charge on any atom is -0.381 e. The Hall–Kier alpha value is -1.50. The zero-order valence-electron chi connectivity index (χ0n) is 12.9. The molecule has 0 saturated carbocycles. The third kappa shape index (κ3) is 4.50. The van der Waals surface area contributed by atoms with E-state index in [1.165, 1.54) is 6.07 Å². The van der Waals surface area contributed by atoms with E-state index in [2.05, 4.69) is 10.2 Å². The molecule has 1 aromatic rings. The van der Waals surface area contributed by atoms with Crippen molar-refractivity contribution in [3.8, 4) is 0 Å². The summed E-state index contributed by atoms with van der Waals surface area (Å²) in [5, 5.41) is 2.61. The molecular weight excluding hydrogens is 285 g/mol. The molecule has 1 heterocycles. The number of nitrogens with two attached hydrogens (primary N) is 1. The highest BCUT2D eigenvalue weighted by Gasteiger charge is 2.27. The SMILES string of the molecule is COC1CCN(CCC(=O)Nc2ccccc2F)C(CN)C1. The lowest BCUT2D eigenvalue weighted by atomic mass is 9.99. The Morgan fingerprint density at radius 2 is 2.27 bits per heavy atom. The van der Waals surface area contributed by atoms with Crippen molar-refractivity contribution in [2.75, 3.05) is 32.1 Å². The van der Waals surface area contributed by atoms with E-state index in [0.29, 0.717) is 19.5 Å². The Labute approximate surface area is 130 Å². The number of hydrogen-bond donors (Lipinski definition) is 2. The average Bonchev–Trinajstić information content (AvgIpc) is 2.55. The second-order valence-corrected chi connectivity index (χ2v) is 5.59. The fraction of sp³-hybridized carbons (Fsp3) is 0.562. The normalized spacial score (nSPS) is 22.5. The largest absolute Gasteiger partial charge is 0.381 e. The minimum absolute atomic E-state index is 0.185. The zero-order valence-corrected chi connectivity index (χ0v) is 12.9. The molecule has 0 bridgehead atoms. The quantitative estimate of drug-likeness (QED) is 0.837. The molecule has 2 unspecified atom stereocenters. The van der Waals surface area contributed by atoms with E-state index in [4.69, 9.17) is 10.5 Å². The summed E-state index contributed by atoms with van der Waals surface area (Å²) in [5.74, 6) is -0.605. The van der Waals surface area contributed by atoms with Gasteiger partial charge in [-0.1, -0.05) is 12.1 Å². The summed E-state index contributed by atoms with van der Waals surface area (Å²) in [5.41, 5.74) is 6.04. The van der Waals surface area contributed by atoms with Gasteiger partial charge < -0.3 is 15.8 Å². The summed E-state index contributed by atoms with van der Waals surface area (Å²) in [6.45, 7) is 2.04. The van der Waals surface area contributed by atoms with Crippen LogP contribution < -0.4 is 11.1 Å². The number of halogens is 1. The molecule has 1 aliphatic heterocycles. The Balaban J connectivity index is 1.82. The third-order valence-electron chi connectivity index (χ3n) is 4.17. The van der Waals surface area contributed by atoms with Crippen LogP contribution in [-0.4, -0.2) is 49.7 Å². The molecule has 1 amide bonds. The van der Waals surface area contributed by atoms with E-state index in [1.807, 2.05) is 0 Å². The van der Waals surface area contributed by atoms with Crippen molar-refractivity contribution in [2.45, 2.75) is 31.4 Å². The molecule has 1 aromatic carbocycles. The number of methoxy groups -OCH3 is 1. The van der Waals surface area contributed by atoms with Crippen LogP contribution in [0.25, 0.3) is 0 Å². The molecule has 0 aromatic heterocycles. The van der Waals surface area contributed by atoms with E-state index in [1.54, 1.807) is 25.3 Å². The van der Waals surface area contributed by atoms with Crippen molar-refractivity contribution < 1.29 is 13.9 Å². The number of carbonyl (C=O) groups is 1. The molecule has 1 fully saturated rings. The topological polar surface area (TPSA) is 67.6 Å². The molecule has 122 valence electrons. The van der Waals surface area contributed by atoms with E-state index >= 15 is 0 Å². The molecule has 2 atom stereocenters. The van der Waals surface area contributed by atoms with E-state index in [0.717, 1.165) is 19.4 Å². The molecule has 0 spiro atoms. The van der Waals surface area contributed by atoms with Gasteiger partial charge in [0.05, 0.1) is 11.8 Å². The number of ether oxygens (including phenoxy) is 1. The predicted molar refractivity (Wildman–Crippen MR) is 84.1 cm³/mol. The molecule has 0 radical (unpaired) electrons. The fourth-order valence-electron chi connectivity index (χ4n) is 2.84. The molecule has 1 saturated heterocycles. The Bertz CT molecular complexity index is 498. The van der Waals surface area contributed by atoms with Crippen LogP contribution in [0, 0.1) is 5.82 Å². The number of amides is 1. The van der Waals surface area contributed by atoms with Gasteiger partial charge in [0.2, 0.25) is 5.91 Å². The van der Waals surface area contributed by atoms with Gasteiger partial charge in [0, 0.05) is 39.2 Å². The van der Waals surface area contributed by atoms with Crippen molar-refractivity contribution in [2.24, 2.45) is 5.73 Å². The van der Waals surface area contributed by atoms with E-state index in [9.17, 15) is 9.18 Å². The van der Waals surface area contributed by atoms with Crippen LogP contribution in [0.4, 0.5) is 10.1 Å². The van der Waals surface area contributed by atoms with Crippen molar-refractivity contribution in [3.63, 3.8) is 0 Å². The zero-order chi connectivity index (χ0) is 15.9. The second-order valence-electron chi connectivity index (χ2n) is 5.59. The Morgan fingerprint density at radius 3 is 2.95 bits per heavy atom. The molecule has 1 aliphatic rings. The van der Waals surface area contributed by atoms with Crippen molar-refractivity contribution >= 4 is 11.6 Å². The maximum atomic E-state index is 13.5. The van der Waals surface area contributed by atoms with Crippen LogP contribution in [-0.2, 0) is 9.53 Å². The molecule has 3 N–H and O–H groups in total. The van der Waals surface area contributed by atoms with Crippen LogP contribution in [0.15, 0.2) is 24.3 Å². The summed E-state index contributed by atoms with van der Waals surface area (Å²) in [6, 6.07) is 6.41. The van der Waals surface area contributed by atoms with Gasteiger partial charge in [-0.15, -0.1) is 0 Å². The summed E-state index contributed by atoms with van der Waals surface area (Å²) in [6.07, 6.45) is 2.41. The van der Waals surface area contributed by atoms with Crippen LogP contribution in [0.2, 0.25) is 0 Å². The smallest absolute Gasteiger partial charge is 0.225 e. The van der Waals surface area contributed by atoms with Gasteiger partial charge >= 0.3 is 0 Å². The highest BCUT2D eigenvalue weighted by molar-refractivity contribution is 5.90. The molecule has 22 heavy (non-hydrogen) atoms. The summed E-state index contributed by atoms with van der Waals surface area (Å²) < 4.78 is 18.9. The van der Waals surface area contributed by atoms with Crippen LogP contribution >= 0.6 is 0 Å². The highest BCUT2D eigenvalue weighted by Crippen LogP contribution is 2.19. The van der Waals surface area contributed by atoms with Gasteiger partial charge in [0.25, 0.3) is 0 Å². The van der Waals surface area contributed by atoms with Crippen molar-refractivity contribution in [1.82, 2.24) is 4.90 Å². The molecular formula is C16H24FN3O2. The number of hydrogen-bond acceptors (Lipinski definition) is 4.